The minimum absolute atomic E-state index is 0.234. The van der Waals surface area contributed by atoms with Gasteiger partial charge in [-0.1, -0.05) is 54.9 Å². The van der Waals surface area contributed by atoms with Gasteiger partial charge in [-0.2, -0.15) is 0 Å². The van der Waals surface area contributed by atoms with Gasteiger partial charge in [0.1, 0.15) is 12.4 Å². The SMILES string of the molecule is CC[C@@H](NC(=O)c1cccc(OCc2ccccc2Cl)c1)c1ccc(S(C)(=O)=O)cc1. The number of ether oxygens (including phenoxy) is 1. The van der Waals surface area contributed by atoms with Crippen LogP contribution in [0.5, 0.6) is 5.75 Å². The fourth-order valence-corrected chi connectivity index (χ4v) is 3.93. The molecule has 0 unspecified atom stereocenters. The van der Waals surface area contributed by atoms with E-state index in [4.69, 9.17) is 16.3 Å². The first-order valence-corrected chi connectivity index (χ1v) is 12.1. The number of sulfone groups is 1. The Hall–Kier alpha value is -2.83. The number of amides is 1. The first kappa shape index (κ1) is 22.8. The van der Waals surface area contributed by atoms with E-state index < -0.39 is 9.84 Å². The van der Waals surface area contributed by atoms with Crippen LogP contribution < -0.4 is 10.1 Å². The Labute approximate surface area is 187 Å². The molecule has 3 rings (SSSR count). The number of carbonyl (C=O) groups excluding carboxylic acids is 1. The third-order valence-corrected chi connectivity index (χ3v) is 6.37. The first-order valence-electron chi connectivity index (χ1n) is 9.85. The minimum atomic E-state index is -3.26. The summed E-state index contributed by atoms with van der Waals surface area (Å²) in [5.74, 6) is 0.334. The van der Waals surface area contributed by atoms with Crippen molar-refractivity contribution in [2.75, 3.05) is 6.26 Å². The topological polar surface area (TPSA) is 72.5 Å². The van der Waals surface area contributed by atoms with E-state index in [1.807, 2.05) is 25.1 Å². The smallest absolute Gasteiger partial charge is 0.251 e. The molecule has 0 fully saturated rings. The summed E-state index contributed by atoms with van der Waals surface area (Å²) in [6.45, 7) is 2.26. The zero-order valence-electron chi connectivity index (χ0n) is 17.3. The van der Waals surface area contributed by atoms with Gasteiger partial charge < -0.3 is 10.1 Å². The predicted octanol–water partition coefficient (Wildman–Crippen LogP) is 5.20. The molecule has 0 heterocycles. The Bertz CT molecular complexity index is 1160. The molecule has 1 N–H and O–H groups in total. The van der Waals surface area contributed by atoms with Crippen LogP contribution in [0.4, 0.5) is 0 Å². The summed E-state index contributed by atoms with van der Waals surface area (Å²) in [5.41, 5.74) is 2.18. The molecular weight excluding hydrogens is 434 g/mol. The summed E-state index contributed by atoms with van der Waals surface area (Å²) in [7, 11) is -3.26. The van der Waals surface area contributed by atoms with Crippen molar-refractivity contribution >= 4 is 27.3 Å². The Balaban J connectivity index is 1.69. The van der Waals surface area contributed by atoms with Crippen LogP contribution in [0.1, 0.15) is 40.9 Å². The Morgan fingerprint density at radius 3 is 2.39 bits per heavy atom. The van der Waals surface area contributed by atoms with E-state index in [1.54, 1.807) is 54.6 Å². The Kier molecular flexibility index (Phi) is 7.36. The fourth-order valence-electron chi connectivity index (χ4n) is 3.11. The van der Waals surface area contributed by atoms with E-state index in [2.05, 4.69) is 5.32 Å². The zero-order valence-corrected chi connectivity index (χ0v) is 18.9. The van der Waals surface area contributed by atoms with Crippen LogP contribution in [0.15, 0.2) is 77.7 Å². The van der Waals surface area contributed by atoms with Crippen LogP contribution in [-0.2, 0) is 16.4 Å². The summed E-state index contributed by atoms with van der Waals surface area (Å²) >= 11 is 6.16. The van der Waals surface area contributed by atoms with Gasteiger partial charge in [-0.25, -0.2) is 8.42 Å². The maximum Gasteiger partial charge on any atom is 0.251 e. The molecule has 162 valence electrons. The van der Waals surface area contributed by atoms with E-state index in [0.29, 0.717) is 29.4 Å². The van der Waals surface area contributed by atoms with E-state index >= 15 is 0 Å². The van der Waals surface area contributed by atoms with E-state index in [-0.39, 0.29) is 16.8 Å². The molecule has 0 spiro atoms. The summed E-state index contributed by atoms with van der Waals surface area (Å²) in [5, 5.41) is 3.63. The average Bonchev–Trinajstić information content (AvgIpc) is 2.76. The van der Waals surface area contributed by atoms with Crippen molar-refractivity contribution in [3.8, 4) is 5.75 Å². The molecule has 5 nitrogen and oxygen atoms in total. The van der Waals surface area contributed by atoms with E-state index in [0.717, 1.165) is 11.1 Å². The largest absolute Gasteiger partial charge is 0.489 e. The van der Waals surface area contributed by atoms with Crippen LogP contribution in [0, 0.1) is 0 Å². The molecule has 1 atom stereocenters. The standard InChI is InChI=1S/C24H24ClNO4S/c1-3-23(17-11-13-21(14-12-17)31(2,28)29)26-24(27)18-8-6-9-20(15-18)30-16-19-7-4-5-10-22(19)25/h4-15,23H,3,16H2,1-2H3,(H,26,27)/t23-/m1/s1. The first-order chi connectivity index (χ1) is 14.8. The minimum Gasteiger partial charge on any atom is -0.489 e. The number of hydrogen-bond acceptors (Lipinski definition) is 4. The normalized spacial score (nSPS) is 12.2. The van der Waals surface area contributed by atoms with Crippen molar-refractivity contribution in [2.24, 2.45) is 0 Å². The summed E-state index contributed by atoms with van der Waals surface area (Å²) in [6, 6.07) is 20.7. The number of rotatable bonds is 8. The van der Waals surface area contributed by atoms with Gasteiger partial charge in [-0.15, -0.1) is 0 Å². The van der Waals surface area contributed by atoms with Gasteiger partial charge in [0, 0.05) is 22.4 Å². The van der Waals surface area contributed by atoms with Crippen molar-refractivity contribution < 1.29 is 17.9 Å². The highest BCUT2D eigenvalue weighted by Gasteiger charge is 2.16. The fraction of sp³-hybridized carbons (Fsp3) is 0.208. The molecule has 0 radical (unpaired) electrons. The molecule has 1 amide bonds. The highest BCUT2D eigenvalue weighted by atomic mass is 35.5. The lowest BCUT2D eigenvalue weighted by atomic mass is 10.0. The molecule has 0 aromatic heterocycles. The van der Waals surface area contributed by atoms with Gasteiger partial charge in [0.25, 0.3) is 5.91 Å². The van der Waals surface area contributed by atoms with Crippen molar-refractivity contribution in [3.63, 3.8) is 0 Å². The highest BCUT2D eigenvalue weighted by molar-refractivity contribution is 7.90. The second-order valence-corrected chi connectivity index (χ2v) is 9.61. The van der Waals surface area contributed by atoms with Crippen LogP contribution in [0.2, 0.25) is 5.02 Å². The molecule has 31 heavy (non-hydrogen) atoms. The second kappa shape index (κ2) is 9.98. The molecule has 7 heteroatoms. The van der Waals surface area contributed by atoms with Crippen LogP contribution in [0.3, 0.4) is 0 Å². The zero-order chi connectivity index (χ0) is 22.4. The molecular formula is C24H24ClNO4S. The van der Waals surface area contributed by atoms with E-state index in [1.165, 1.54) is 6.26 Å². The van der Waals surface area contributed by atoms with Crippen molar-refractivity contribution in [2.45, 2.75) is 30.9 Å². The van der Waals surface area contributed by atoms with Gasteiger partial charge in [0.05, 0.1) is 10.9 Å². The number of hydrogen-bond donors (Lipinski definition) is 1. The summed E-state index contributed by atoms with van der Waals surface area (Å²) < 4.78 is 29.1. The van der Waals surface area contributed by atoms with Gasteiger partial charge in [0.2, 0.25) is 0 Å². The van der Waals surface area contributed by atoms with Crippen LogP contribution in [0.25, 0.3) is 0 Å². The number of nitrogens with one attached hydrogen (secondary N) is 1. The van der Waals surface area contributed by atoms with E-state index in [9.17, 15) is 13.2 Å². The van der Waals surface area contributed by atoms with Gasteiger partial charge in [-0.05, 0) is 48.4 Å². The highest BCUT2D eigenvalue weighted by Crippen LogP contribution is 2.22. The van der Waals surface area contributed by atoms with Gasteiger partial charge >= 0.3 is 0 Å². The quantitative estimate of drug-likeness (QED) is 0.504. The predicted molar refractivity (Wildman–Crippen MR) is 122 cm³/mol. The third kappa shape index (κ3) is 6.09. The second-order valence-electron chi connectivity index (χ2n) is 7.18. The average molecular weight is 458 g/mol. The number of halogens is 1. The van der Waals surface area contributed by atoms with Crippen LogP contribution >= 0.6 is 11.6 Å². The molecule has 0 bridgehead atoms. The molecule has 3 aromatic carbocycles. The Morgan fingerprint density at radius 2 is 1.74 bits per heavy atom. The van der Waals surface area contributed by atoms with Gasteiger partial charge in [0.15, 0.2) is 9.84 Å². The third-order valence-electron chi connectivity index (χ3n) is 4.87. The van der Waals surface area contributed by atoms with Crippen molar-refractivity contribution in [3.05, 3.63) is 94.5 Å². The molecule has 0 saturated heterocycles. The lowest BCUT2D eigenvalue weighted by Crippen LogP contribution is -2.28. The lowest BCUT2D eigenvalue weighted by Gasteiger charge is -2.18. The van der Waals surface area contributed by atoms with Crippen molar-refractivity contribution in [1.82, 2.24) is 5.32 Å². The van der Waals surface area contributed by atoms with Crippen LogP contribution in [-0.4, -0.2) is 20.6 Å². The molecule has 0 aliphatic heterocycles. The number of carbonyl (C=O) groups is 1. The summed E-state index contributed by atoms with van der Waals surface area (Å²) in [6.07, 6.45) is 1.83. The molecule has 0 aliphatic carbocycles. The molecule has 0 saturated carbocycles. The Morgan fingerprint density at radius 1 is 1.03 bits per heavy atom. The summed E-state index contributed by atoms with van der Waals surface area (Å²) in [4.78, 5) is 13.1. The monoisotopic (exact) mass is 457 g/mol. The molecule has 3 aromatic rings. The maximum absolute atomic E-state index is 12.8. The van der Waals surface area contributed by atoms with Gasteiger partial charge in [-0.3, -0.25) is 4.79 Å². The molecule has 0 aliphatic rings. The van der Waals surface area contributed by atoms with Crippen molar-refractivity contribution in [1.29, 1.82) is 0 Å². The lowest BCUT2D eigenvalue weighted by molar-refractivity contribution is 0.0935. The maximum atomic E-state index is 12.8. The number of benzene rings is 3.